The van der Waals surface area contributed by atoms with E-state index in [0.29, 0.717) is 12.2 Å². The lowest BCUT2D eigenvalue weighted by molar-refractivity contribution is -0.301. The smallest absolute Gasteiger partial charge is 0.124 e. The molecule has 1 aromatic heterocycles. The van der Waals surface area contributed by atoms with E-state index in [9.17, 15) is 19.8 Å². The van der Waals surface area contributed by atoms with Gasteiger partial charge in [-0.25, -0.2) is 0 Å². The monoisotopic (exact) mass is 401 g/mol. The minimum atomic E-state index is -1.55. The number of carbonyl (C=O) groups excluding carboxylic acids is 2. The zero-order chi connectivity index (χ0) is 22.0. The molecule has 0 aliphatic heterocycles. The van der Waals surface area contributed by atoms with E-state index in [-0.39, 0.29) is 6.04 Å². The lowest BCUT2D eigenvalue weighted by Gasteiger charge is -2.16. The highest BCUT2D eigenvalue weighted by Gasteiger charge is 2.12. The van der Waals surface area contributed by atoms with E-state index in [0.717, 1.165) is 41.9 Å². The molecular weight excluding hydrogens is 374 g/mol. The highest BCUT2D eigenvalue weighted by molar-refractivity contribution is 5.96. The van der Waals surface area contributed by atoms with Crippen molar-refractivity contribution in [2.45, 2.75) is 39.7 Å². The molecule has 0 spiro atoms. The van der Waals surface area contributed by atoms with Gasteiger partial charge < -0.3 is 35.6 Å². The Morgan fingerprint density at radius 2 is 1.90 bits per heavy atom. The maximum absolute atomic E-state index is 9.41. The van der Waals surface area contributed by atoms with E-state index >= 15 is 0 Å². The summed E-state index contributed by atoms with van der Waals surface area (Å²) in [7, 11) is 1.71. The number of carboxylic acid groups (broad SMARTS) is 2. The van der Waals surface area contributed by atoms with Gasteiger partial charge in [0.1, 0.15) is 5.75 Å². The van der Waals surface area contributed by atoms with Gasteiger partial charge in [0.05, 0.1) is 30.3 Å². The van der Waals surface area contributed by atoms with Crippen molar-refractivity contribution in [2.24, 2.45) is 5.73 Å². The third kappa shape index (κ3) is 7.79. The Bertz CT molecular complexity index is 862. The molecule has 8 heteroatoms. The zero-order valence-corrected chi connectivity index (χ0v) is 17.2. The number of methoxy groups -OCH3 is 1. The second-order valence-corrected chi connectivity index (χ2v) is 6.62. The molecule has 29 heavy (non-hydrogen) atoms. The Balaban J connectivity index is 0.000000447. The van der Waals surface area contributed by atoms with Crippen LogP contribution in [0.2, 0.25) is 0 Å². The van der Waals surface area contributed by atoms with Crippen LogP contribution in [-0.2, 0) is 9.59 Å². The summed E-state index contributed by atoms with van der Waals surface area (Å²) in [6.45, 7) is 7.11. The summed E-state index contributed by atoms with van der Waals surface area (Å²) in [5, 5.41) is 23.5. The van der Waals surface area contributed by atoms with Gasteiger partial charge in [0.25, 0.3) is 0 Å². The van der Waals surface area contributed by atoms with Gasteiger partial charge in [-0.3, -0.25) is 4.98 Å². The predicted molar refractivity (Wildman–Crippen MR) is 108 cm³/mol. The maximum Gasteiger partial charge on any atom is 0.124 e. The van der Waals surface area contributed by atoms with E-state index in [2.05, 4.69) is 24.1 Å². The summed E-state index contributed by atoms with van der Waals surface area (Å²) in [6, 6.07) is 4.32. The molecule has 2 rings (SSSR count). The van der Waals surface area contributed by atoms with Crippen LogP contribution in [0.1, 0.15) is 30.9 Å². The number of fused-ring (bicyclic) bond motifs is 1. The van der Waals surface area contributed by atoms with Crippen molar-refractivity contribution in [3.05, 3.63) is 41.6 Å². The Morgan fingerprint density at radius 1 is 1.28 bits per heavy atom. The second-order valence-electron chi connectivity index (χ2n) is 6.62. The van der Waals surface area contributed by atoms with Gasteiger partial charge in [-0.2, -0.15) is 0 Å². The van der Waals surface area contributed by atoms with Gasteiger partial charge in [-0.05, 0) is 57.4 Å². The third-order valence-electron chi connectivity index (χ3n) is 4.16. The number of pyridine rings is 1. The second kappa shape index (κ2) is 11.7. The van der Waals surface area contributed by atoms with E-state index in [4.69, 9.17) is 10.5 Å². The number of ether oxygens (including phenoxy) is 1. The molecule has 1 unspecified atom stereocenters. The minimum absolute atomic E-state index is 0.247. The van der Waals surface area contributed by atoms with E-state index in [1.165, 1.54) is 10.9 Å². The molecule has 0 saturated heterocycles. The van der Waals surface area contributed by atoms with E-state index < -0.39 is 11.9 Å². The quantitative estimate of drug-likeness (QED) is 0.480. The van der Waals surface area contributed by atoms with Crippen LogP contribution in [0.5, 0.6) is 5.75 Å². The number of aromatic nitrogens is 1. The minimum Gasteiger partial charge on any atom is -0.545 e. The van der Waals surface area contributed by atoms with Crippen LogP contribution < -0.4 is 26.0 Å². The SMILES string of the molecule is COc1cc(NCCCC(C)N)c2nccc(C)c2c1C.O=C([O-])C=CC(=O)[O-]. The van der Waals surface area contributed by atoms with Crippen LogP contribution in [0.4, 0.5) is 5.69 Å². The molecule has 0 fully saturated rings. The fraction of sp³-hybridized carbons (Fsp3) is 0.381. The van der Waals surface area contributed by atoms with Crippen LogP contribution in [0.25, 0.3) is 10.9 Å². The molecule has 158 valence electrons. The van der Waals surface area contributed by atoms with Crippen LogP contribution in [0, 0.1) is 13.8 Å². The van der Waals surface area contributed by atoms with Crippen LogP contribution in [-0.4, -0.2) is 36.6 Å². The van der Waals surface area contributed by atoms with Crippen molar-refractivity contribution in [2.75, 3.05) is 19.0 Å². The fourth-order valence-corrected chi connectivity index (χ4v) is 2.80. The van der Waals surface area contributed by atoms with Gasteiger partial charge in [0, 0.05) is 35.8 Å². The number of aliphatic carboxylic acids is 2. The number of benzene rings is 1. The van der Waals surface area contributed by atoms with Crippen molar-refractivity contribution in [3.8, 4) is 5.75 Å². The number of carboxylic acids is 2. The molecule has 0 bridgehead atoms. The Morgan fingerprint density at radius 3 is 2.41 bits per heavy atom. The Kier molecular flexibility index (Phi) is 9.61. The number of nitrogens with two attached hydrogens (primary N) is 1. The summed E-state index contributed by atoms with van der Waals surface area (Å²) in [6.07, 6.45) is 4.68. The largest absolute Gasteiger partial charge is 0.545 e. The first-order valence-corrected chi connectivity index (χ1v) is 9.19. The normalized spacial score (nSPS) is 11.6. The predicted octanol–water partition coefficient (Wildman–Crippen LogP) is 0.442. The molecule has 0 amide bonds. The zero-order valence-electron chi connectivity index (χ0n) is 17.2. The van der Waals surface area contributed by atoms with Crippen LogP contribution in [0.15, 0.2) is 30.5 Å². The van der Waals surface area contributed by atoms with Crippen molar-refractivity contribution >= 4 is 28.5 Å². The molecule has 0 aliphatic carbocycles. The molecule has 0 saturated carbocycles. The van der Waals surface area contributed by atoms with Crippen LogP contribution >= 0.6 is 0 Å². The first kappa shape index (κ1) is 23.9. The highest BCUT2D eigenvalue weighted by atomic mass is 16.5. The summed E-state index contributed by atoms with van der Waals surface area (Å²) in [5.74, 6) is -2.20. The summed E-state index contributed by atoms with van der Waals surface area (Å²) >= 11 is 0. The molecule has 1 heterocycles. The first-order chi connectivity index (χ1) is 13.7. The van der Waals surface area contributed by atoms with E-state index in [1.54, 1.807) is 7.11 Å². The average Bonchev–Trinajstić information content (AvgIpc) is 2.65. The van der Waals surface area contributed by atoms with Crippen molar-refractivity contribution in [1.29, 1.82) is 0 Å². The molecule has 2 aromatic rings. The molecule has 0 radical (unpaired) electrons. The summed E-state index contributed by atoms with van der Waals surface area (Å²) in [4.78, 5) is 23.4. The third-order valence-corrected chi connectivity index (χ3v) is 4.16. The molecule has 8 nitrogen and oxygen atoms in total. The number of hydrogen-bond acceptors (Lipinski definition) is 8. The number of nitrogens with one attached hydrogen (secondary N) is 1. The Labute approximate surface area is 170 Å². The van der Waals surface area contributed by atoms with Crippen molar-refractivity contribution in [1.82, 2.24) is 4.98 Å². The van der Waals surface area contributed by atoms with Gasteiger partial charge in [-0.1, -0.05) is 0 Å². The topological polar surface area (TPSA) is 140 Å². The fourth-order valence-electron chi connectivity index (χ4n) is 2.80. The number of carbonyl (C=O) groups is 2. The molecule has 0 aliphatic rings. The van der Waals surface area contributed by atoms with Gasteiger partial charge >= 0.3 is 0 Å². The number of hydrogen-bond donors (Lipinski definition) is 2. The molecule has 1 aromatic carbocycles. The molecular formula is C21H27N3O5-2. The van der Waals surface area contributed by atoms with Gasteiger partial charge in [-0.15, -0.1) is 0 Å². The van der Waals surface area contributed by atoms with Crippen molar-refractivity contribution < 1.29 is 24.5 Å². The van der Waals surface area contributed by atoms with Crippen molar-refractivity contribution in [3.63, 3.8) is 0 Å². The number of rotatable bonds is 8. The highest BCUT2D eigenvalue weighted by Crippen LogP contribution is 2.34. The number of anilines is 1. The summed E-state index contributed by atoms with van der Waals surface area (Å²) in [5.41, 5.74) is 10.2. The lowest BCUT2D eigenvalue weighted by Crippen LogP contribution is -2.23. The average molecular weight is 401 g/mol. The number of nitrogens with zero attached hydrogens (tertiary/aromatic N) is 1. The summed E-state index contributed by atoms with van der Waals surface area (Å²) < 4.78 is 5.51. The van der Waals surface area contributed by atoms with Crippen LogP contribution in [0.3, 0.4) is 0 Å². The van der Waals surface area contributed by atoms with Gasteiger partial charge in [0.2, 0.25) is 0 Å². The molecule has 3 N–H and O–H groups in total. The standard InChI is InChI=1S/C17H25N3O.C4H4O4/c1-11-7-9-20-17-14(19-8-5-6-12(2)18)10-15(21-4)13(3)16(11)17;5-3(6)1-2-4(7)8/h7,9-10,12,19H,5-6,8,18H2,1-4H3;1-2H,(H,5,6)(H,7,8)/p-2. The van der Waals surface area contributed by atoms with E-state index in [1.807, 2.05) is 25.3 Å². The molecule has 1 atom stereocenters. The maximum atomic E-state index is 9.41. The first-order valence-electron chi connectivity index (χ1n) is 9.19. The van der Waals surface area contributed by atoms with Gasteiger partial charge in [0.15, 0.2) is 0 Å². The lowest BCUT2D eigenvalue weighted by atomic mass is 10.0. The Hall–Kier alpha value is -3.13. The number of aryl methyl sites for hydroxylation is 2.